The van der Waals surface area contributed by atoms with Crippen LogP contribution in [0.2, 0.25) is 0 Å². The van der Waals surface area contributed by atoms with Crippen molar-refractivity contribution in [2.45, 2.75) is 58.8 Å². The molecule has 4 atom stereocenters. The van der Waals surface area contributed by atoms with Crippen molar-refractivity contribution in [1.82, 2.24) is 21.3 Å². The molecule has 0 aromatic heterocycles. The second kappa shape index (κ2) is 14.8. The highest BCUT2D eigenvalue weighted by Gasteiger charge is 2.29. The Balaban J connectivity index is 2.53. The van der Waals surface area contributed by atoms with Gasteiger partial charge in [-0.3, -0.25) is 19.2 Å². The molecule has 0 bridgehead atoms. The molecule has 0 aromatic rings. The van der Waals surface area contributed by atoms with Crippen molar-refractivity contribution in [2.24, 2.45) is 23.7 Å². The molecule has 166 valence electrons. The summed E-state index contributed by atoms with van der Waals surface area (Å²) in [5.74, 6) is 0.755. The molecule has 29 heavy (non-hydrogen) atoms. The van der Waals surface area contributed by atoms with Crippen molar-refractivity contribution in [3.05, 3.63) is 0 Å². The van der Waals surface area contributed by atoms with Crippen LogP contribution in [0.25, 0.3) is 0 Å². The SMILES string of the molecule is CC(CC1CCCCCC1CC(C)C(=O)NCCNC=O)C(=O)NCCNC=O. The second-order valence-corrected chi connectivity index (χ2v) is 8.16. The molecule has 4 unspecified atom stereocenters. The van der Waals surface area contributed by atoms with Gasteiger partial charge < -0.3 is 21.3 Å². The highest BCUT2D eigenvalue weighted by molar-refractivity contribution is 5.78. The highest BCUT2D eigenvalue weighted by atomic mass is 16.2. The Morgan fingerprint density at radius 2 is 1.17 bits per heavy atom. The maximum absolute atomic E-state index is 12.4. The fraction of sp³-hybridized carbons (Fsp3) is 0.810. The zero-order chi connectivity index (χ0) is 21.5. The molecule has 1 aliphatic carbocycles. The molecule has 0 aliphatic heterocycles. The lowest BCUT2D eigenvalue weighted by Crippen LogP contribution is -2.37. The molecule has 0 heterocycles. The number of hydrogen-bond acceptors (Lipinski definition) is 4. The minimum Gasteiger partial charge on any atom is -0.357 e. The largest absolute Gasteiger partial charge is 0.357 e. The monoisotopic (exact) mass is 410 g/mol. The molecular weight excluding hydrogens is 372 g/mol. The Bertz CT molecular complexity index is 471. The van der Waals surface area contributed by atoms with E-state index in [1.54, 1.807) is 0 Å². The van der Waals surface area contributed by atoms with E-state index in [-0.39, 0.29) is 23.7 Å². The number of hydrogen-bond donors (Lipinski definition) is 4. The maximum atomic E-state index is 12.4. The summed E-state index contributed by atoms with van der Waals surface area (Å²) in [5.41, 5.74) is 0. The van der Waals surface area contributed by atoms with Gasteiger partial charge in [-0.05, 0) is 24.7 Å². The molecule has 0 saturated heterocycles. The number of carbonyl (C=O) groups is 4. The summed E-state index contributed by atoms with van der Waals surface area (Å²) in [6, 6.07) is 0. The third kappa shape index (κ3) is 10.3. The zero-order valence-electron chi connectivity index (χ0n) is 17.9. The van der Waals surface area contributed by atoms with Crippen LogP contribution < -0.4 is 21.3 Å². The summed E-state index contributed by atoms with van der Waals surface area (Å²) in [4.78, 5) is 45.2. The van der Waals surface area contributed by atoms with Gasteiger partial charge in [-0.1, -0.05) is 46.0 Å². The van der Waals surface area contributed by atoms with Gasteiger partial charge in [-0.15, -0.1) is 0 Å². The smallest absolute Gasteiger partial charge is 0.222 e. The Kier molecular flexibility index (Phi) is 12.7. The lowest BCUT2D eigenvalue weighted by molar-refractivity contribution is -0.126. The average molecular weight is 411 g/mol. The summed E-state index contributed by atoms with van der Waals surface area (Å²) in [6.45, 7) is 5.66. The Morgan fingerprint density at radius 1 is 0.759 bits per heavy atom. The Hall–Kier alpha value is -2.12. The van der Waals surface area contributed by atoms with Crippen LogP contribution in [0, 0.1) is 23.7 Å². The first-order valence-electron chi connectivity index (χ1n) is 10.9. The third-order valence-electron chi connectivity index (χ3n) is 5.83. The van der Waals surface area contributed by atoms with Crippen LogP contribution in [-0.4, -0.2) is 50.8 Å². The van der Waals surface area contributed by atoms with Crippen molar-refractivity contribution < 1.29 is 19.2 Å². The lowest BCUT2D eigenvalue weighted by atomic mass is 9.77. The van der Waals surface area contributed by atoms with Gasteiger partial charge in [0.15, 0.2) is 0 Å². The molecule has 0 aromatic carbocycles. The Morgan fingerprint density at radius 3 is 1.55 bits per heavy atom. The predicted molar refractivity (Wildman–Crippen MR) is 112 cm³/mol. The topological polar surface area (TPSA) is 116 Å². The number of nitrogens with one attached hydrogen (secondary N) is 4. The normalized spacial score (nSPS) is 21.2. The fourth-order valence-corrected chi connectivity index (χ4v) is 4.19. The molecule has 1 fully saturated rings. The standard InChI is InChI=1S/C21H38N4O4/c1-16(20(28)24-10-8-22-14-26)12-18-6-4-3-5-7-19(18)13-17(2)21(29)25-11-9-23-15-27/h14-19H,3-13H2,1-2H3,(H,22,26)(H,23,27)(H,24,28)(H,25,29). The highest BCUT2D eigenvalue weighted by Crippen LogP contribution is 2.37. The van der Waals surface area contributed by atoms with Crippen LogP contribution in [0.15, 0.2) is 0 Å². The van der Waals surface area contributed by atoms with Gasteiger partial charge >= 0.3 is 0 Å². The molecule has 1 saturated carbocycles. The summed E-state index contributed by atoms with van der Waals surface area (Å²) in [6.07, 6.45) is 8.68. The average Bonchev–Trinajstić information content (AvgIpc) is 2.93. The van der Waals surface area contributed by atoms with Gasteiger partial charge in [-0.2, -0.15) is 0 Å². The second-order valence-electron chi connectivity index (χ2n) is 8.16. The van der Waals surface area contributed by atoms with Crippen molar-refractivity contribution in [1.29, 1.82) is 0 Å². The number of rotatable bonds is 14. The van der Waals surface area contributed by atoms with Crippen LogP contribution in [-0.2, 0) is 19.2 Å². The van der Waals surface area contributed by atoms with Crippen LogP contribution in [0.4, 0.5) is 0 Å². The van der Waals surface area contributed by atoms with E-state index in [9.17, 15) is 19.2 Å². The van der Waals surface area contributed by atoms with E-state index >= 15 is 0 Å². The number of carbonyl (C=O) groups excluding carboxylic acids is 4. The van der Waals surface area contributed by atoms with Crippen molar-refractivity contribution in [2.75, 3.05) is 26.2 Å². The van der Waals surface area contributed by atoms with E-state index in [0.717, 1.165) is 25.7 Å². The van der Waals surface area contributed by atoms with Crippen molar-refractivity contribution >= 4 is 24.6 Å². The molecule has 4 N–H and O–H groups in total. The zero-order valence-corrected chi connectivity index (χ0v) is 17.9. The van der Waals surface area contributed by atoms with Crippen molar-refractivity contribution in [3.8, 4) is 0 Å². The molecule has 4 amide bonds. The van der Waals surface area contributed by atoms with E-state index < -0.39 is 0 Å². The molecule has 1 rings (SSSR count). The summed E-state index contributed by atoms with van der Waals surface area (Å²) in [5, 5.41) is 10.8. The lowest BCUT2D eigenvalue weighted by Gasteiger charge is -2.29. The maximum Gasteiger partial charge on any atom is 0.222 e. The summed E-state index contributed by atoms with van der Waals surface area (Å²) < 4.78 is 0. The molecule has 0 spiro atoms. The summed E-state index contributed by atoms with van der Waals surface area (Å²) in [7, 11) is 0. The third-order valence-corrected chi connectivity index (χ3v) is 5.83. The minimum absolute atomic E-state index is 0.0224. The van der Waals surface area contributed by atoms with E-state index in [2.05, 4.69) is 21.3 Å². The van der Waals surface area contributed by atoms with E-state index in [4.69, 9.17) is 0 Å². The van der Waals surface area contributed by atoms with E-state index in [1.165, 1.54) is 19.3 Å². The quantitative estimate of drug-likeness (QED) is 0.194. The molecule has 8 heteroatoms. The van der Waals surface area contributed by atoms with E-state index in [0.29, 0.717) is 50.8 Å². The van der Waals surface area contributed by atoms with Crippen LogP contribution in [0.1, 0.15) is 58.8 Å². The minimum atomic E-state index is -0.0876. The molecule has 0 radical (unpaired) electrons. The van der Waals surface area contributed by atoms with Crippen molar-refractivity contribution in [3.63, 3.8) is 0 Å². The fourth-order valence-electron chi connectivity index (χ4n) is 4.19. The first-order valence-corrected chi connectivity index (χ1v) is 10.9. The van der Waals surface area contributed by atoms with Gasteiger partial charge in [-0.25, -0.2) is 0 Å². The van der Waals surface area contributed by atoms with Gasteiger partial charge in [0.2, 0.25) is 24.6 Å². The first-order chi connectivity index (χ1) is 14.0. The Labute approximate surface area is 174 Å². The van der Waals surface area contributed by atoms with Crippen LogP contribution >= 0.6 is 0 Å². The predicted octanol–water partition coefficient (Wildman–Crippen LogP) is 0.960. The van der Waals surface area contributed by atoms with Crippen LogP contribution in [0.3, 0.4) is 0 Å². The van der Waals surface area contributed by atoms with E-state index in [1.807, 2.05) is 13.8 Å². The van der Waals surface area contributed by atoms with Crippen LogP contribution in [0.5, 0.6) is 0 Å². The molecule has 8 nitrogen and oxygen atoms in total. The van der Waals surface area contributed by atoms with Gasteiger partial charge in [0.1, 0.15) is 0 Å². The number of amides is 4. The van der Waals surface area contributed by atoms with Gasteiger partial charge in [0.05, 0.1) is 0 Å². The van der Waals surface area contributed by atoms with Gasteiger partial charge in [0, 0.05) is 38.0 Å². The molecular formula is C21H38N4O4. The first kappa shape index (κ1) is 24.9. The van der Waals surface area contributed by atoms with Gasteiger partial charge in [0.25, 0.3) is 0 Å². The molecule has 1 aliphatic rings. The summed E-state index contributed by atoms with van der Waals surface area (Å²) >= 11 is 0.